The Morgan fingerprint density at radius 2 is 1.42 bits per heavy atom. The molecule has 0 saturated carbocycles. The van der Waals surface area contributed by atoms with Crippen molar-refractivity contribution in [1.29, 1.82) is 0 Å². The molecule has 2 aromatic carbocycles. The van der Waals surface area contributed by atoms with Crippen molar-refractivity contribution in [3.8, 4) is 11.5 Å². The third-order valence-electron chi connectivity index (χ3n) is 4.21. The van der Waals surface area contributed by atoms with Gasteiger partial charge in [0.05, 0.1) is 40.0 Å². The third-order valence-corrected chi connectivity index (χ3v) is 4.21. The summed E-state index contributed by atoms with van der Waals surface area (Å²) in [6, 6.07) is 14.5. The summed E-state index contributed by atoms with van der Waals surface area (Å²) in [6.45, 7) is -0.440. The van der Waals surface area contributed by atoms with Gasteiger partial charge < -0.3 is 24.1 Å². The Labute approximate surface area is 181 Å². The van der Waals surface area contributed by atoms with Crippen LogP contribution >= 0.6 is 0 Å². The number of carbonyl (C=O) groups is 2. The number of rotatable bonds is 11. The number of aliphatic hydroxyl groups excluding tert-OH is 1. The Hall–Kier alpha value is -3.58. The molecule has 1 unspecified atom stereocenters. The number of hydrogen-bond donors (Lipinski definition) is 1. The molecule has 31 heavy (non-hydrogen) atoms. The number of hydrogen-bond acceptors (Lipinski definition) is 7. The van der Waals surface area contributed by atoms with Crippen LogP contribution in [0.25, 0.3) is 12.2 Å². The van der Waals surface area contributed by atoms with E-state index >= 15 is 0 Å². The van der Waals surface area contributed by atoms with E-state index in [0.717, 1.165) is 11.1 Å². The molecule has 0 aliphatic rings. The Balaban J connectivity index is 1.78. The van der Waals surface area contributed by atoms with E-state index in [1.54, 1.807) is 37.5 Å². The first kappa shape index (κ1) is 23.7. The van der Waals surface area contributed by atoms with Crippen molar-refractivity contribution in [1.82, 2.24) is 0 Å². The minimum atomic E-state index is -0.580. The number of benzene rings is 2. The van der Waals surface area contributed by atoms with Crippen LogP contribution in [0.4, 0.5) is 0 Å². The molecule has 0 bridgehead atoms. The van der Waals surface area contributed by atoms with E-state index in [2.05, 4.69) is 0 Å². The highest BCUT2D eigenvalue weighted by Crippen LogP contribution is 2.27. The number of carbonyl (C=O) groups excluding carboxylic acids is 2. The van der Waals surface area contributed by atoms with E-state index < -0.39 is 17.9 Å². The predicted molar refractivity (Wildman–Crippen MR) is 117 cm³/mol. The molecule has 0 aliphatic carbocycles. The van der Waals surface area contributed by atoms with Crippen molar-refractivity contribution in [2.45, 2.75) is 0 Å². The fraction of sp³-hybridized carbons (Fsp3) is 0.250. The quantitative estimate of drug-likeness (QED) is 0.436. The predicted octanol–water partition coefficient (Wildman–Crippen LogP) is 3.13. The van der Waals surface area contributed by atoms with Crippen molar-refractivity contribution in [2.24, 2.45) is 5.92 Å². The Morgan fingerprint density at radius 3 is 1.97 bits per heavy atom. The van der Waals surface area contributed by atoms with Gasteiger partial charge in [-0.2, -0.15) is 0 Å². The molecule has 0 aliphatic heterocycles. The van der Waals surface area contributed by atoms with Gasteiger partial charge in [0.2, 0.25) is 0 Å². The monoisotopic (exact) mass is 426 g/mol. The van der Waals surface area contributed by atoms with Crippen LogP contribution in [0.3, 0.4) is 0 Å². The van der Waals surface area contributed by atoms with Crippen LogP contribution in [0.15, 0.2) is 60.7 Å². The number of esters is 2. The SMILES string of the molecule is COc1ccc(/C=C/C(=O)OCC(CO)COC(=O)/C=C/c2ccccc2)cc1OC. The van der Waals surface area contributed by atoms with Crippen LogP contribution in [0.1, 0.15) is 11.1 Å². The second kappa shape index (κ2) is 12.9. The van der Waals surface area contributed by atoms with Crippen LogP contribution in [0.5, 0.6) is 11.5 Å². The lowest BCUT2D eigenvalue weighted by molar-refractivity contribution is -0.143. The van der Waals surface area contributed by atoms with Gasteiger partial charge in [-0.3, -0.25) is 0 Å². The molecule has 0 aromatic heterocycles. The van der Waals surface area contributed by atoms with Gasteiger partial charge in [0.15, 0.2) is 11.5 Å². The van der Waals surface area contributed by atoms with Crippen LogP contribution in [-0.2, 0) is 19.1 Å². The van der Waals surface area contributed by atoms with E-state index in [1.807, 2.05) is 30.3 Å². The molecular weight excluding hydrogens is 400 g/mol. The number of methoxy groups -OCH3 is 2. The first-order valence-corrected chi connectivity index (χ1v) is 9.63. The van der Waals surface area contributed by atoms with Crippen molar-refractivity contribution in [2.75, 3.05) is 34.0 Å². The van der Waals surface area contributed by atoms with Crippen LogP contribution in [0.2, 0.25) is 0 Å². The molecule has 1 atom stereocenters. The molecule has 0 fully saturated rings. The van der Waals surface area contributed by atoms with Crippen LogP contribution < -0.4 is 9.47 Å². The summed E-state index contributed by atoms with van der Waals surface area (Å²) >= 11 is 0. The van der Waals surface area contributed by atoms with Gasteiger partial charge in [0.1, 0.15) is 0 Å². The van der Waals surface area contributed by atoms with Gasteiger partial charge in [-0.05, 0) is 35.4 Å². The molecule has 0 spiro atoms. The van der Waals surface area contributed by atoms with E-state index in [4.69, 9.17) is 18.9 Å². The van der Waals surface area contributed by atoms with E-state index in [0.29, 0.717) is 11.5 Å². The molecule has 7 nitrogen and oxygen atoms in total. The minimum Gasteiger partial charge on any atom is -0.493 e. The maximum Gasteiger partial charge on any atom is 0.330 e. The summed E-state index contributed by atoms with van der Waals surface area (Å²) in [7, 11) is 3.07. The topological polar surface area (TPSA) is 91.3 Å². The van der Waals surface area contributed by atoms with Gasteiger partial charge in [-0.15, -0.1) is 0 Å². The molecule has 7 heteroatoms. The lowest BCUT2D eigenvalue weighted by Gasteiger charge is -2.13. The van der Waals surface area contributed by atoms with Crippen molar-refractivity contribution < 1.29 is 33.6 Å². The van der Waals surface area contributed by atoms with Crippen molar-refractivity contribution >= 4 is 24.1 Å². The van der Waals surface area contributed by atoms with Crippen molar-refractivity contribution in [3.63, 3.8) is 0 Å². The Bertz CT molecular complexity index is 903. The third kappa shape index (κ3) is 8.36. The molecule has 0 heterocycles. The van der Waals surface area contributed by atoms with Gasteiger partial charge >= 0.3 is 11.9 Å². The number of ether oxygens (including phenoxy) is 4. The molecule has 1 N–H and O–H groups in total. The molecule has 2 rings (SSSR count). The zero-order valence-electron chi connectivity index (χ0n) is 17.5. The molecule has 0 amide bonds. The summed E-state index contributed by atoms with van der Waals surface area (Å²) in [6.07, 6.45) is 5.79. The van der Waals surface area contributed by atoms with Crippen molar-refractivity contribution in [3.05, 3.63) is 71.8 Å². The van der Waals surface area contributed by atoms with E-state index in [-0.39, 0.29) is 19.8 Å². The normalized spacial score (nSPS) is 12.0. The highest BCUT2D eigenvalue weighted by molar-refractivity contribution is 5.87. The average Bonchev–Trinajstić information content (AvgIpc) is 2.81. The molecule has 2 aromatic rings. The Kier molecular flexibility index (Phi) is 9.84. The maximum absolute atomic E-state index is 11.9. The summed E-state index contributed by atoms with van der Waals surface area (Å²) in [4.78, 5) is 23.7. The first-order valence-electron chi connectivity index (χ1n) is 9.63. The fourth-order valence-corrected chi connectivity index (χ4v) is 2.50. The molecule has 0 saturated heterocycles. The fourth-order valence-electron chi connectivity index (χ4n) is 2.50. The first-order chi connectivity index (χ1) is 15.0. The van der Waals surface area contributed by atoms with Crippen LogP contribution in [-0.4, -0.2) is 51.1 Å². The lowest BCUT2D eigenvalue weighted by Crippen LogP contribution is -2.22. The summed E-state index contributed by atoms with van der Waals surface area (Å²) in [5, 5.41) is 9.43. The second-order valence-corrected chi connectivity index (χ2v) is 6.50. The van der Waals surface area contributed by atoms with Gasteiger partial charge in [-0.1, -0.05) is 36.4 Å². The summed E-state index contributed by atoms with van der Waals surface area (Å²) in [5.41, 5.74) is 1.60. The average molecular weight is 426 g/mol. The van der Waals surface area contributed by atoms with Gasteiger partial charge in [0, 0.05) is 12.2 Å². The molecule has 164 valence electrons. The minimum absolute atomic E-state index is 0.0683. The zero-order chi connectivity index (χ0) is 22.5. The molecular formula is C24H26O7. The number of aliphatic hydroxyl groups is 1. The molecule has 0 radical (unpaired) electrons. The van der Waals surface area contributed by atoms with Crippen LogP contribution in [0, 0.1) is 5.92 Å². The smallest absolute Gasteiger partial charge is 0.330 e. The zero-order valence-corrected chi connectivity index (χ0v) is 17.5. The van der Waals surface area contributed by atoms with E-state index in [9.17, 15) is 14.7 Å². The standard InChI is InChI=1S/C24H26O7/c1-28-21-11-8-19(14-22(21)29-2)10-13-24(27)31-17-20(15-25)16-30-23(26)12-9-18-6-4-3-5-7-18/h3-14,20,25H,15-17H2,1-2H3/b12-9+,13-10+. The second-order valence-electron chi connectivity index (χ2n) is 6.50. The van der Waals surface area contributed by atoms with E-state index in [1.165, 1.54) is 19.3 Å². The largest absolute Gasteiger partial charge is 0.493 e. The summed E-state index contributed by atoms with van der Waals surface area (Å²) < 4.78 is 20.6. The van der Waals surface area contributed by atoms with Gasteiger partial charge in [-0.25, -0.2) is 9.59 Å². The maximum atomic E-state index is 11.9. The highest BCUT2D eigenvalue weighted by Gasteiger charge is 2.12. The van der Waals surface area contributed by atoms with Gasteiger partial charge in [0.25, 0.3) is 0 Å². The lowest BCUT2D eigenvalue weighted by atomic mass is 10.2. The Morgan fingerprint density at radius 1 is 0.839 bits per heavy atom. The summed E-state index contributed by atoms with van der Waals surface area (Å²) in [5.74, 6) is -0.513. The highest BCUT2D eigenvalue weighted by atomic mass is 16.5.